The van der Waals surface area contributed by atoms with E-state index in [-0.39, 0.29) is 0 Å². The minimum atomic E-state index is 0.558. The number of hydrogen-bond acceptors (Lipinski definition) is 3. The summed E-state index contributed by atoms with van der Waals surface area (Å²) < 4.78 is 1.82. The fourth-order valence-electron chi connectivity index (χ4n) is 1.46. The molecule has 0 atom stereocenters. The Kier molecular flexibility index (Phi) is 4.71. The molecule has 1 aromatic rings. The highest BCUT2D eigenvalue weighted by Gasteiger charge is 2.04. The molecule has 0 aliphatic heterocycles. The molecule has 0 bridgehead atoms. The average Bonchev–Trinajstić information content (AvgIpc) is 2.58. The summed E-state index contributed by atoms with van der Waals surface area (Å²) in [4.78, 5) is 2.79. The zero-order valence-corrected chi connectivity index (χ0v) is 10.1. The minimum absolute atomic E-state index is 0.558. The normalized spacial score (nSPS) is 10.9. The molecule has 0 fully saturated rings. The van der Waals surface area contributed by atoms with Crippen LogP contribution in [0.15, 0.2) is 12.4 Å². The lowest BCUT2D eigenvalue weighted by atomic mass is 10.2. The van der Waals surface area contributed by atoms with Crippen LogP contribution in [-0.4, -0.2) is 39.3 Å². The Morgan fingerprint density at radius 3 is 2.87 bits per heavy atom. The van der Waals surface area contributed by atoms with Crippen molar-refractivity contribution in [3.63, 3.8) is 0 Å². The second-order valence-corrected chi connectivity index (χ2v) is 4.13. The lowest BCUT2D eigenvalue weighted by Gasteiger charge is -2.18. The molecule has 0 radical (unpaired) electrons. The number of nitrogens with zero attached hydrogens (tertiary/aromatic N) is 3. The summed E-state index contributed by atoms with van der Waals surface area (Å²) in [5.41, 5.74) is 6.76. The quantitative estimate of drug-likeness (QED) is 0.721. The molecule has 15 heavy (non-hydrogen) atoms. The molecule has 0 aromatic carbocycles. The largest absolute Gasteiger partial charge is 0.392 e. The lowest BCUT2D eigenvalue weighted by molar-refractivity contribution is 0.333. The van der Waals surface area contributed by atoms with Gasteiger partial charge in [0.2, 0.25) is 0 Å². The first-order valence-electron chi connectivity index (χ1n) is 5.10. The van der Waals surface area contributed by atoms with Crippen LogP contribution >= 0.6 is 12.2 Å². The maximum atomic E-state index is 5.52. The van der Waals surface area contributed by atoms with E-state index >= 15 is 0 Å². The van der Waals surface area contributed by atoms with Gasteiger partial charge in [0.05, 0.1) is 11.2 Å². The van der Waals surface area contributed by atoms with Crippen molar-refractivity contribution in [3.05, 3.63) is 18.0 Å². The van der Waals surface area contributed by atoms with Gasteiger partial charge in [0.25, 0.3) is 0 Å². The van der Waals surface area contributed by atoms with Crippen molar-refractivity contribution in [2.24, 2.45) is 12.8 Å². The number of rotatable bonds is 6. The number of aryl methyl sites for hydroxylation is 1. The first-order valence-corrected chi connectivity index (χ1v) is 5.50. The van der Waals surface area contributed by atoms with E-state index in [9.17, 15) is 0 Å². The summed E-state index contributed by atoms with van der Waals surface area (Å²) in [6.45, 7) is 4.75. The van der Waals surface area contributed by atoms with Gasteiger partial charge in [-0.15, -0.1) is 0 Å². The molecule has 0 amide bonds. The smallest absolute Gasteiger partial charge is 0.0870 e. The molecule has 0 spiro atoms. The summed E-state index contributed by atoms with van der Waals surface area (Å²) in [6.07, 6.45) is 4.92. The third-order valence-corrected chi connectivity index (χ3v) is 2.43. The first kappa shape index (κ1) is 12.1. The summed E-state index contributed by atoms with van der Waals surface area (Å²) in [7, 11) is 1.93. The predicted molar refractivity (Wildman–Crippen MR) is 65.8 cm³/mol. The van der Waals surface area contributed by atoms with Gasteiger partial charge >= 0.3 is 0 Å². The molecule has 4 nitrogen and oxygen atoms in total. The molecule has 5 heteroatoms. The van der Waals surface area contributed by atoms with Crippen LogP contribution in [0.3, 0.4) is 0 Å². The van der Waals surface area contributed by atoms with Gasteiger partial charge in [0.15, 0.2) is 0 Å². The molecule has 0 aliphatic carbocycles. The Labute approximate surface area is 96.1 Å². The zero-order chi connectivity index (χ0) is 11.3. The van der Waals surface area contributed by atoms with Crippen LogP contribution < -0.4 is 5.73 Å². The van der Waals surface area contributed by atoms with E-state index in [1.165, 1.54) is 5.56 Å². The maximum Gasteiger partial charge on any atom is 0.0870 e. The van der Waals surface area contributed by atoms with Crippen LogP contribution in [0, 0.1) is 0 Å². The Balaban J connectivity index is 2.37. The topological polar surface area (TPSA) is 47.1 Å². The Morgan fingerprint density at radius 2 is 2.40 bits per heavy atom. The van der Waals surface area contributed by atoms with E-state index in [0.29, 0.717) is 11.5 Å². The van der Waals surface area contributed by atoms with Crippen molar-refractivity contribution in [3.8, 4) is 0 Å². The summed E-state index contributed by atoms with van der Waals surface area (Å²) >= 11 is 4.89. The van der Waals surface area contributed by atoms with Crippen LogP contribution in [0.25, 0.3) is 0 Å². The molecular weight excluding hydrogens is 208 g/mol. The van der Waals surface area contributed by atoms with Gasteiger partial charge in [0.1, 0.15) is 0 Å². The second-order valence-electron chi connectivity index (χ2n) is 3.61. The molecule has 0 unspecified atom stereocenters. The monoisotopic (exact) mass is 226 g/mol. The van der Waals surface area contributed by atoms with E-state index in [0.717, 1.165) is 19.5 Å². The molecule has 84 valence electrons. The number of hydrogen-bond donors (Lipinski definition) is 1. The second kappa shape index (κ2) is 5.82. The summed E-state index contributed by atoms with van der Waals surface area (Å²) in [6, 6.07) is 0. The molecule has 1 aromatic heterocycles. The van der Waals surface area contributed by atoms with Crippen LogP contribution in [0.4, 0.5) is 0 Å². The fourth-order valence-corrected chi connectivity index (χ4v) is 1.64. The highest BCUT2D eigenvalue weighted by atomic mass is 32.1. The predicted octanol–water partition coefficient (Wildman–Crippen LogP) is 0.571. The van der Waals surface area contributed by atoms with Gasteiger partial charge in [-0.3, -0.25) is 9.58 Å². The molecule has 0 aliphatic rings. The molecule has 2 N–H and O–H groups in total. The van der Waals surface area contributed by atoms with E-state index < -0.39 is 0 Å². The van der Waals surface area contributed by atoms with Crippen molar-refractivity contribution in [1.29, 1.82) is 0 Å². The molecule has 1 heterocycles. The van der Waals surface area contributed by atoms with E-state index in [2.05, 4.69) is 16.9 Å². The van der Waals surface area contributed by atoms with Crippen LogP contribution in [0.2, 0.25) is 0 Å². The minimum Gasteiger partial charge on any atom is -0.392 e. The van der Waals surface area contributed by atoms with Gasteiger partial charge in [-0.05, 0) is 18.5 Å². The van der Waals surface area contributed by atoms with E-state index in [1.807, 2.05) is 24.1 Å². The highest BCUT2D eigenvalue weighted by molar-refractivity contribution is 7.80. The van der Waals surface area contributed by atoms with Gasteiger partial charge in [-0.2, -0.15) is 5.10 Å². The van der Waals surface area contributed by atoms with Crippen LogP contribution in [0.5, 0.6) is 0 Å². The lowest BCUT2D eigenvalue weighted by Crippen LogP contribution is -2.34. The van der Waals surface area contributed by atoms with Crippen molar-refractivity contribution in [2.75, 3.05) is 19.6 Å². The maximum absolute atomic E-state index is 5.52. The van der Waals surface area contributed by atoms with Crippen molar-refractivity contribution >= 4 is 17.2 Å². The summed E-state index contributed by atoms with van der Waals surface area (Å²) in [5.74, 6) is 0. The first-order chi connectivity index (χ1) is 7.11. The van der Waals surface area contributed by atoms with E-state index in [1.54, 1.807) is 0 Å². The number of thiocarbonyl (C=S) groups is 1. The van der Waals surface area contributed by atoms with Crippen LogP contribution in [0.1, 0.15) is 12.5 Å². The van der Waals surface area contributed by atoms with Gasteiger partial charge in [-0.1, -0.05) is 19.1 Å². The number of aromatic nitrogens is 2. The Hall–Kier alpha value is -0.940. The van der Waals surface area contributed by atoms with Gasteiger partial charge < -0.3 is 5.73 Å². The molecule has 1 rings (SSSR count). The highest BCUT2D eigenvalue weighted by Crippen LogP contribution is 1.99. The molecule has 0 saturated carbocycles. The van der Waals surface area contributed by atoms with E-state index in [4.69, 9.17) is 18.0 Å². The van der Waals surface area contributed by atoms with Crippen molar-refractivity contribution in [1.82, 2.24) is 14.7 Å². The number of nitrogens with two attached hydrogens (primary N) is 1. The summed E-state index contributed by atoms with van der Waals surface area (Å²) in [5, 5.41) is 4.13. The Bertz CT molecular complexity index is 321. The van der Waals surface area contributed by atoms with Gasteiger partial charge in [-0.25, -0.2) is 0 Å². The third-order valence-electron chi connectivity index (χ3n) is 2.30. The molecule has 0 saturated heterocycles. The molecular formula is C10H18N4S. The van der Waals surface area contributed by atoms with Crippen molar-refractivity contribution < 1.29 is 0 Å². The fraction of sp³-hybridized carbons (Fsp3) is 0.600. The van der Waals surface area contributed by atoms with Crippen molar-refractivity contribution in [2.45, 2.75) is 13.3 Å². The standard InChI is InChI=1S/C10H18N4S/c1-3-14(8-10(11)15)5-4-9-6-12-13(2)7-9/h6-7H,3-5,8H2,1-2H3,(H2,11,15). The average molecular weight is 226 g/mol. The number of likely N-dealkylation sites (N-methyl/N-ethyl adjacent to an activating group) is 1. The van der Waals surface area contributed by atoms with Crippen LogP contribution in [-0.2, 0) is 13.5 Å². The third kappa shape index (κ3) is 4.40. The Morgan fingerprint density at radius 1 is 1.67 bits per heavy atom. The van der Waals surface area contributed by atoms with Gasteiger partial charge in [0, 0.05) is 26.3 Å². The SMILES string of the molecule is CCN(CCc1cnn(C)c1)CC(N)=S. The zero-order valence-electron chi connectivity index (χ0n) is 9.31.